The molecule has 1 aliphatic heterocycles. The Morgan fingerprint density at radius 3 is 2.94 bits per heavy atom. The van der Waals surface area contributed by atoms with E-state index in [1.165, 1.54) is 0 Å². The molecule has 1 amide bonds. The smallest absolute Gasteiger partial charge is 0.227 e. The van der Waals surface area contributed by atoms with Crippen LogP contribution in [0.3, 0.4) is 0 Å². The summed E-state index contributed by atoms with van der Waals surface area (Å²) in [6.45, 7) is 2.51. The molecule has 1 saturated heterocycles. The average Bonchev–Trinajstić information content (AvgIpc) is 3.13. The minimum Gasteiger partial charge on any atom is -0.467 e. The Morgan fingerprint density at radius 2 is 2.33 bits per heavy atom. The molecule has 1 aromatic rings. The van der Waals surface area contributed by atoms with Crippen LogP contribution >= 0.6 is 0 Å². The van der Waals surface area contributed by atoms with E-state index in [0.29, 0.717) is 18.5 Å². The highest BCUT2D eigenvalue weighted by molar-refractivity contribution is 5.79. The lowest BCUT2D eigenvalue weighted by atomic mass is 9.98. The second-order valence-electron chi connectivity index (χ2n) is 5.32. The van der Waals surface area contributed by atoms with Crippen molar-refractivity contribution in [3.05, 3.63) is 24.2 Å². The summed E-state index contributed by atoms with van der Waals surface area (Å²) in [5.74, 6) is 1.36. The summed E-state index contributed by atoms with van der Waals surface area (Å²) >= 11 is 0. The van der Waals surface area contributed by atoms with Gasteiger partial charge in [-0.05, 0) is 44.4 Å². The Balaban J connectivity index is 1.66. The Bertz CT molecular complexity index is 392. The van der Waals surface area contributed by atoms with E-state index in [4.69, 9.17) is 4.42 Å². The van der Waals surface area contributed by atoms with Gasteiger partial charge in [-0.15, -0.1) is 0 Å². The fourth-order valence-electron chi connectivity index (χ4n) is 2.64. The van der Waals surface area contributed by atoms with Gasteiger partial charge in [0.1, 0.15) is 5.76 Å². The van der Waals surface area contributed by atoms with Gasteiger partial charge in [0.2, 0.25) is 5.91 Å². The number of hydrogen-bond acceptors (Lipinski definition) is 3. The molecule has 0 radical (unpaired) electrons. The molecule has 1 aromatic heterocycles. The molecule has 4 nitrogen and oxygen atoms in total. The van der Waals surface area contributed by atoms with Gasteiger partial charge in [-0.2, -0.15) is 0 Å². The molecule has 2 fully saturated rings. The van der Waals surface area contributed by atoms with Gasteiger partial charge in [-0.25, -0.2) is 0 Å². The summed E-state index contributed by atoms with van der Waals surface area (Å²) in [5, 5.41) is 3.32. The zero-order valence-corrected chi connectivity index (χ0v) is 10.6. The lowest BCUT2D eigenvalue weighted by molar-refractivity contribution is -0.137. The van der Waals surface area contributed by atoms with Crippen LogP contribution in [0.1, 0.15) is 31.4 Å². The zero-order valence-electron chi connectivity index (χ0n) is 10.6. The molecule has 0 aromatic carbocycles. The molecule has 2 heterocycles. The quantitative estimate of drug-likeness (QED) is 0.883. The standard InChI is InChI=1S/C14H20N2O2/c17-14(11-3-1-7-15-9-11)16(12-5-6-12)10-13-4-2-8-18-13/h2,4,8,11-12,15H,1,3,5-7,9-10H2/t11-/m0/s1. The maximum atomic E-state index is 12.6. The van der Waals surface area contributed by atoms with Gasteiger partial charge in [0.15, 0.2) is 0 Å². The summed E-state index contributed by atoms with van der Waals surface area (Å²) in [6, 6.07) is 4.28. The maximum Gasteiger partial charge on any atom is 0.227 e. The predicted octanol–water partition coefficient (Wildman–Crippen LogP) is 1.77. The second kappa shape index (κ2) is 5.14. The van der Waals surface area contributed by atoms with Crippen molar-refractivity contribution in [2.75, 3.05) is 13.1 Å². The molecular weight excluding hydrogens is 228 g/mol. The first-order chi connectivity index (χ1) is 8.84. The number of nitrogens with zero attached hydrogens (tertiary/aromatic N) is 1. The number of carbonyl (C=O) groups excluding carboxylic acids is 1. The molecule has 1 aliphatic carbocycles. The van der Waals surface area contributed by atoms with E-state index in [0.717, 1.165) is 44.5 Å². The monoisotopic (exact) mass is 248 g/mol. The number of nitrogens with one attached hydrogen (secondary N) is 1. The zero-order chi connectivity index (χ0) is 12.4. The number of hydrogen-bond donors (Lipinski definition) is 1. The fraction of sp³-hybridized carbons (Fsp3) is 0.643. The van der Waals surface area contributed by atoms with Crippen molar-refractivity contribution < 1.29 is 9.21 Å². The molecule has 0 spiro atoms. The highest BCUT2D eigenvalue weighted by Crippen LogP contribution is 2.30. The molecule has 0 bridgehead atoms. The molecular formula is C14H20N2O2. The van der Waals surface area contributed by atoms with Gasteiger partial charge < -0.3 is 14.6 Å². The molecule has 1 saturated carbocycles. The average molecular weight is 248 g/mol. The minimum absolute atomic E-state index is 0.161. The molecule has 2 aliphatic rings. The summed E-state index contributed by atoms with van der Waals surface area (Å²) in [7, 11) is 0. The van der Waals surface area contributed by atoms with E-state index >= 15 is 0 Å². The van der Waals surface area contributed by atoms with Crippen molar-refractivity contribution in [1.82, 2.24) is 10.2 Å². The van der Waals surface area contributed by atoms with Gasteiger partial charge in [0.25, 0.3) is 0 Å². The minimum atomic E-state index is 0.161. The van der Waals surface area contributed by atoms with Crippen LogP contribution in [0.2, 0.25) is 0 Å². The Hall–Kier alpha value is -1.29. The fourth-order valence-corrected chi connectivity index (χ4v) is 2.64. The Labute approximate surface area is 107 Å². The van der Waals surface area contributed by atoms with Crippen molar-refractivity contribution in [1.29, 1.82) is 0 Å². The van der Waals surface area contributed by atoms with Crippen LogP contribution in [0.4, 0.5) is 0 Å². The van der Waals surface area contributed by atoms with E-state index in [-0.39, 0.29) is 5.92 Å². The van der Waals surface area contributed by atoms with Crippen molar-refractivity contribution in [2.45, 2.75) is 38.3 Å². The van der Waals surface area contributed by atoms with Gasteiger partial charge in [-0.1, -0.05) is 0 Å². The molecule has 1 atom stereocenters. The van der Waals surface area contributed by atoms with Crippen LogP contribution in [0.25, 0.3) is 0 Å². The second-order valence-corrected chi connectivity index (χ2v) is 5.32. The summed E-state index contributed by atoms with van der Waals surface area (Å²) in [5.41, 5.74) is 0. The lowest BCUT2D eigenvalue weighted by Crippen LogP contribution is -2.43. The van der Waals surface area contributed by atoms with Crippen molar-refractivity contribution >= 4 is 5.91 Å². The normalized spacial score (nSPS) is 23.9. The molecule has 3 rings (SSSR count). The molecule has 1 N–H and O–H groups in total. The lowest BCUT2D eigenvalue weighted by Gasteiger charge is -2.29. The maximum absolute atomic E-state index is 12.6. The summed E-state index contributed by atoms with van der Waals surface area (Å²) in [4.78, 5) is 14.6. The van der Waals surface area contributed by atoms with Crippen LogP contribution in [-0.4, -0.2) is 29.9 Å². The third kappa shape index (κ3) is 2.58. The largest absolute Gasteiger partial charge is 0.467 e. The van der Waals surface area contributed by atoms with Crippen molar-refractivity contribution in [3.63, 3.8) is 0 Å². The predicted molar refractivity (Wildman–Crippen MR) is 67.9 cm³/mol. The van der Waals surface area contributed by atoms with Crippen LogP contribution in [0.15, 0.2) is 22.8 Å². The third-order valence-corrected chi connectivity index (χ3v) is 3.82. The Kier molecular flexibility index (Phi) is 3.37. The van der Waals surface area contributed by atoms with Crippen LogP contribution in [-0.2, 0) is 11.3 Å². The van der Waals surface area contributed by atoms with E-state index in [2.05, 4.69) is 5.32 Å². The SMILES string of the molecule is O=C([C@H]1CCCNC1)N(Cc1ccco1)C1CC1. The number of piperidine rings is 1. The highest BCUT2D eigenvalue weighted by Gasteiger charge is 2.36. The van der Waals surface area contributed by atoms with E-state index in [1.54, 1.807) is 6.26 Å². The molecule has 4 heteroatoms. The number of amides is 1. The van der Waals surface area contributed by atoms with E-state index in [1.807, 2.05) is 17.0 Å². The number of furan rings is 1. The first-order valence-electron chi connectivity index (χ1n) is 6.88. The Morgan fingerprint density at radius 1 is 1.44 bits per heavy atom. The van der Waals surface area contributed by atoms with Gasteiger partial charge in [-0.3, -0.25) is 4.79 Å². The van der Waals surface area contributed by atoms with E-state index < -0.39 is 0 Å². The van der Waals surface area contributed by atoms with Crippen LogP contribution in [0, 0.1) is 5.92 Å². The van der Waals surface area contributed by atoms with Gasteiger partial charge in [0.05, 0.1) is 18.7 Å². The first-order valence-corrected chi connectivity index (χ1v) is 6.88. The van der Waals surface area contributed by atoms with Crippen molar-refractivity contribution in [2.24, 2.45) is 5.92 Å². The van der Waals surface area contributed by atoms with Crippen LogP contribution < -0.4 is 5.32 Å². The third-order valence-electron chi connectivity index (χ3n) is 3.82. The van der Waals surface area contributed by atoms with Crippen LogP contribution in [0.5, 0.6) is 0 Å². The molecule has 98 valence electrons. The van der Waals surface area contributed by atoms with Crippen molar-refractivity contribution in [3.8, 4) is 0 Å². The molecule has 0 unspecified atom stereocenters. The molecule has 18 heavy (non-hydrogen) atoms. The highest BCUT2D eigenvalue weighted by atomic mass is 16.3. The van der Waals surface area contributed by atoms with E-state index in [9.17, 15) is 4.79 Å². The number of rotatable bonds is 4. The van der Waals surface area contributed by atoms with Gasteiger partial charge in [0, 0.05) is 12.6 Å². The summed E-state index contributed by atoms with van der Waals surface area (Å²) in [6.07, 6.45) is 6.09. The summed E-state index contributed by atoms with van der Waals surface area (Å²) < 4.78 is 5.37. The first kappa shape index (κ1) is 11.8. The van der Waals surface area contributed by atoms with Gasteiger partial charge >= 0.3 is 0 Å². The topological polar surface area (TPSA) is 45.5 Å². The number of carbonyl (C=O) groups is 1.